The van der Waals surface area contributed by atoms with Crippen LogP contribution in [0.1, 0.15) is 13.8 Å². The van der Waals surface area contributed by atoms with Gasteiger partial charge in [0.2, 0.25) is 5.95 Å². The van der Waals surface area contributed by atoms with Crippen LogP contribution >= 0.6 is 0 Å². The number of ether oxygens (including phenoxy) is 3. The summed E-state index contributed by atoms with van der Waals surface area (Å²) < 4.78 is 16.0. The molecule has 0 saturated carbocycles. The normalized spacial score (nSPS) is 10.0. The number of benzene rings is 1. The minimum Gasteiger partial charge on any atom is -0.497 e. The Balaban J connectivity index is 2.20. The van der Waals surface area contributed by atoms with E-state index in [0.29, 0.717) is 24.8 Å². The van der Waals surface area contributed by atoms with E-state index in [1.165, 1.54) is 0 Å². The van der Waals surface area contributed by atoms with Gasteiger partial charge in [0.1, 0.15) is 11.5 Å². The first-order valence-electron chi connectivity index (χ1n) is 6.69. The molecule has 1 aromatic carbocycles. The highest BCUT2D eigenvalue weighted by molar-refractivity contribution is 5.34. The van der Waals surface area contributed by atoms with Gasteiger partial charge in [-0.05, 0) is 38.1 Å². The summed E-state index contributed by atoms with van der Waals surface area (Å²) in [5.74, 6) is 1.77. The maximum atomic E-state index is 5.61. The summed E-state index contributed by atoms with van der Waals surface area (Å²) in [7, 11) is 1.61. The van der Waals surface area contributed by atoms with Crippen LogP contribution in [0.25, 0.3) is 0 Å². The van der Waals surface area contributed by atoms with E-state index in [0.717, 1.165) is 5.75 Å². The van der Waals surface area contributed by atoms with Gasteiger partial charge in [0.15, 0.2) is 0 Å². The Kier molecular flexibility index (Phi) is 5.14. The summed E-state index contributed by atoms with van der Waals surface area (Å²) in [6.07, 6.45) is 0. The minimum atomic E-state index is 0.176. The zero-order valence-electron chi connectivity index (χ0n) is 12.3. The van der Waals surface area contributed by atoms with Crippen LogP contribution < -0.4 is 19.5 Å². The van der Waals surface area contributed by atoms with E-state index in [2.05, 4.69) is 20.3 Å². The highest BCUT2D eigenvalue weighted by Gasteiger charge is 2.09. The van der Waals surface area contributed by atoms with Crippen molar-refractivity contribution in [2.24, 2.45) is 0 Å². The third-order valence-electron chi connectivity index (χ3n) is 2.47. The van der Waals surface area contributed by atoms with Gasteiger partial charge in [-0.2, -0.15) is 9.97 Å². The van der Waals surface area contributed by atoms with Crippen molar-refractivity contribution in [3.8, 4) is 23.5 Å². The Morgan fingerprint density at radius 3 is 2.24 bits per heavy atom. The van der Waals surface area contributed by atoms with E-state index < -0.39 is 0 Å². The van der Waals surface area contributed by atoms with Gasteiger partial charge in [-0.15, -0.1) is 4.98 Å². The number of nitrogens with one attached hydrogen (secondary N) is 1. The number of anilines is 1. The predicted molar refractivity (Wildman–Crippen MR) is 78.2 cm³/mol. The molecule has 0 aliphatic heterocycles. The molecule has 1 N–H and O–H groups in total. The number of methoxy groups -OCH3 is 1. The fourth-order valence-corrected chi connectivity index (χ4v) is 1.56. The maximum absolute atomic E-state index is 5.61. The van der Waals surface area contributed by atoms with Crippen molar-refractivity contribution in [2.45, 2.75) is 13.8 Å². The Hall–Kier alpha value is -2.57. The van der Waals surface area contributed by atoms with Gasteiger partial charge < -0.3 is 19.5 Å². The molecule has 7 heteroatoms. The Morgan fingerprint density at radius 1 is 0.952 bits per heavy atom. The summed E-state index contributed by atoms with van der Waals surface area (Å²) in [6, 6.07) is 7.55. The minimum absolute atomic E-state index is 0.176. The highest BCUT2D eigenvalue weighted by Crippen LogP contribution is 2.23. The monoisotopic (exact) mass is 290 g/mol. The van der Waals surface area contributed by atoms with Crippen LogP contribution in [0.2, 0.25) is 0 Å². The number of rotatable bonds is 7. The van der Waals surface area contributed by atoms with E-state index in [9.17, 15) is 0 Å². The number of aromatic nitrogens is 3. The highest BCUT2D eigenvalue weighted by atomic mass is 16.5. The van der Waals surface area contributed by atoms with Crippen LogP contribution in [0.15, 0.2) is 24.3 Å². The van der Waals surface area contributed by atoms with Crippen molar-refractivity contribution in [2.75, 3.05) is 25.6 Å². The van der Waals surface area contributed by atoms with Crippen molar-refractivity contribution in [3.05, 3.63) is 24.3 Å². The fraction of sp³-hybridized carbons (Fsp3) is 0.357. The first-order valence-corrected chi connectivity index (χ1v) is 6.69. The van der Waals surface area contributed by atoms with Crippen molar-refractivity contribution in [3.63, 3.8) is 0 Å². The zero-order chi connectivity index (χ0) is 15.1. The molecule has 0 amide bonds. The van der Waals surface area contributed by atoms with Gasteiger partial charge in [-0.3, -0.25) is 0 Å². The molecular weight excluding hydrogens is 272 g/mol. The summed E-state index contributed by atoms with van der Waals surface area (Å²) >= 11 is 0. The van der Waals surface area contributed by atoms with E-state index in [4.69, 9.17) is 14.2 Å². The standard InChI is InChI=1S/C14H18N4O3/c1-4-15-12-16-13(20-5-2)18-14(17-12)21-11-8-6-10(19-3)7-9-11/h6-9H,4-5H2,1-3H3,(H,15,16,17,18). The Morgan fingerprint density at radius 2 is 1.62 bits per heavy atom. The smallest absolute Gasteiger partial charge is 0.330 e. The molecule has 21 heavy (non-hydrogen) atoms. The van der Waals surface area contributed by atoms with Crippen molar-refractivity contribution in [1.29, 1.82) is 0 Å². The third kappa shape index (κ3) is 4.20. The van der Waals surface area contributed by atoms with Gasteiger partial charge in [-0.25, -0.2) is 0 Å². The summed E-state index contributed by atoms with van der Waals surface area (Å²) in [6.45, 7) is 4.98. The number of hydrogen-bond donors (Lipinski definition) is 1. The van der Waals surface area contributed by atoms with Crippen LogP contribution in [0, 0.1) is 0 Å². The van der Waals surface area contributed by atoms with Crippen LogP contribution in [0.5, 0.6) is 23.5 Å². The van der Waals surface area contributed by atoms with E-state index in [1.54, 1.807) is 31.4 Å². The maximum Gasteiger partial charge on any atom is 0.330 e. The molecule has 0 bridgehead atoms. The van der Waals surface area contributed by atoms with E-state index >= 15 is 0 Å². The van der Waals surface area contributed by atoms with Gasteiger partial charge >= 0.3 is 12.0 Å². The van der Waals surface area contributed by atoms with Crippen molar-refractivity contribution in [1.82, 2.24) is 15.0 Å². The SMILES string of the molecule is CCNc1nc(OCC)nc(Oc2ccc(OC)cc2)n1. The van der Waals surface area contributed by atoms with Crippen LogP contribution in [-0.4, -0.2) is 35.2 Å². The van der Waals surface area contributed by atoms with Crippen LogP contribution in [0.4, 0.5) is 5.95 Å². The van der Waals surface area contributed by atoms with Gasteiger partial charge in [0.25, 0.3) is 0 Å². The number of hydrogen-bond acceptors (Lipinski definition) is 7. The molecule has 1 aromatic heterocycles. The molecule has 0 radical (unpaired) electrons. The number of nitrogens with zero attached hydrogens (tertiary/aromatic N) is 3. The van der Waals surface area contributed by atoms with Crippen molar-refractivity contribution >= 4 is 5.95 Å². The molecule has 0 atom stereocenters. The fourth-order valence-electron chi connectivity index (χ4n) is 1.56. The van der Waals surface area contributed by atoms with Gasteiger partial charge in [-0.1, -0.05) is 0 Å². The molecule has 112 valence electrons. The molecule has 2 aromatic rings. The van der Waals surface area contributed by atoms with Gasteiger partial charge in [0.05, 0.1) is 13.7 Å². The second-order valence-corrected chi connectivity index (χ2v) is 3.97. The van der Waals surface area contributed by atoms with Crippen molar-refractivity contribution < 1.29 is 14.2 Å². The second kappa shape index (κ2) is 7.28. The largest absolute Gasteiger partial charge is 0.497 e. The lowest BCUT2D eigenvalue weighted by Gasteiger charge is -2.08. The average Bonchev–Trinajstić information content (AvgIpc) is 2.48. The molecule has 0 aliphatic carbocycles. The summed E-state index contributed by atoms with van der Waals surface area (Å²) in [5, 5.41) is 3.01. The molecule has 1 heterocycles. The van der Waals surface area contributed by atoms with E-state index in [-0.39, 0.29) is 12.0 Å². The molecule has 0 aliphatic rings. The lowest BCUT2D eigenvalue weighted by atomic mass is 10.3. The molecule has 0 saturated heterocycles. The topological polar surface area (TPSA) is 78.4 Å². The van der Waals surface area contributed by atoms with E-state index in [1.807, 2.05) is 13.8 Å². The van der Waals surface area contributed by atoms with Crippen LogP contribution in [-0.2, 0) is 0 Å². The van der Waals surface area contributed by atoms with Gasteiger partial charge in [0, 0.05) is 6.54 Å². The second-order valence-electron chi connectivity index (χ2n) is 3.97. The molecule has 0 spiro atoms. The van der Waals surface area contributed by atoms with Crippen LogP contribution in [0.3, 0.4) is 0 Å². The first kappa shape index (κ1) is 14.8. The molecule has 0 fully saturated rings. The zero-order valence-corrected chi connectivity index (χ0v) is 12.3. The lowest BCUT2D eigenvalue weighted by Crippen LogP contribution is -2.07. The summed E-state index contributed by atoms with van der Waals surface area (Å²) in [5.41, 5.74) is 0. The molecule has 2 rings (SSSR count). The molecule has 0 unspecified atom stereocenters. The predicted octanol–water partition coefficient (Wildman–Crippen LogP) is 2.50. The first-order chi connectivity index (χ1) is 10.2. The molecular formula is C14H18N4O3. The third-order valence-corrected chi connectivity index (χ3v) is 2.47. The Labute approximate surface area is 123 Å². The lowest BCUT2D eigenvalue weighted by molar-refractivity contribution is 0.304. The molecule has 7 nitrogen and oxygen atoms in total. The quantitative estimate of drug-likeness (QED) is 0.839. The summed E-state index contributed by atoms with van der Waals surface area (Å²) in [4.78, 5) is 12.4. The average molecular weight is 290 g/mol. The Bertz CT molecular complexity index is 551.